The van der Waals surface area contributed by atoms with E-state index in [1.165, 1.54) is 38.9 Å². The van der Waals surface area contributed by atoms with Crippen LogP contribution in [0.25, 0.3) is 0 Å². The molecular weight excluding hydrogens is 453 g/mol. The van der Waals surface area contributed by atoms with E-state index in [2.05, 4.69) is 56.1 Å². The lowest BCUT2D eigenvalue weighted by Gasteiger charge is -2.34. The van der Waals surface area contributed by atoms with Crippen LogP contribution in [0.3, 0.4) is 0 Å². The summed E-state index contributed by atoms with van der Waals surface area (Å²) in [5.41, 5.74) is 0. The molecule has 0 aliphatic carbocycles. The van der Waals surface area contributed by atoms with E-state index >= 15 is 0 Å². The Morgan fingerprint density at radius 3 is 2.52 bits per heavy atom. The van der Waals surface area contributed by atoms with Crippen LogP contribution in [0, 0.1) is 11.8 Å². The molecule has 1 saturated heterocycles. The summed E-state index contributed by atoms with van der Waals surface area (Å²) in [7, 11) is 1.82. The van der Waals surface area contributed by atoms with Crippen LogP contribution in [0.4, 0.5) is 0 Å². The maximum Gasteiger partial charge on any atom is 0.191 e. The molecule has 0 bridgehead atoms. The summed E-state index contributed by atoms with van der Waals surface area (Å²) in [4.78, 5) is 6.94. The van der Waals surface area contributed by atoms with E-state index in [9.17, 15) is 0 Å². The van der Waals surface area contributed by atoms with Gasteiger partial charge in [-0.05, 0) is 37.6 Å². The van der Waals surface area contributed by atoms with Gasteiger partial charge in [0.15, 0.2) is 5.96 Å². The zero-order valence-corrected chi connectivity index (χ0v) is 19.8. The third kappa shape index (κ3) is 8.76. The van der Waals surface area contributed by atoms with Gasteiger partial charge in [0.2, 0.25) is 0 Å². The van der Waals surface area contributed by atoms with E-state index in [-0.39, 0.29) is 24.0 Å². The molecule has 2 heterocycles. The van der Waals surface area contributed by atoms with Gasteiger partial charge in [-0.2, -0.15) is 0 Å². The van der Waals surface area contributed by atoms with Crippen molar-refractivity contribution in [3.05, 3.63) is 12.2 Å². The number of aryl methyl sites for hydroxylation is 1. The molecule has 1 aliphatic rings. The number of aliphatic imine (C=N–C) groups is 1. The number of halogens is 1. The SMILES string of the molecule is CCc1nncn1CCNC(=NC)NCCCCN1CC(C)CC(C)C1.I. The van der Waals surface area contributed by atoms with Gasteiger partial charge in [0.05, 0.1) is 0 Å². The lowest BCUT2D eigenvalue weighted by atomic mass is 9.92. The molecule has 8 heteroatoms. The highest BCUT2D eigenvalue weighted by Crippen LogP contribution is 2.20. The highest BCUT2D eigenvalue weighted by molar-refractivity contribution is 14.0. The summed E-state index contributed by atoms with van der Waals surface area (Å²) < 4.78 is 2.08. The van der Waals surface area contributed by atoms with Crippen molar-refractivity contribution in [3.63, 3.8) is 0 Å². The van der Waals surface area contributed by atoms with Crippen molar-refractivity contribution in [2.24, 2.45) is 16.8 Å². The average molecular weight is 491 g/mol. The maximum atomic E-state index is 4.30. The standard InChI is InChI=1S/C19H37N7.HI/c1-5-18-24-23-15-26(18)11-9-22-19(20-4)21-8-6-7-10-25-13-16(2)12-17(3)14-25;/h15-17H,5-14H2,1-4H3,(H2,20,21,22);1H. The molecule has 2 rings (SSSR count). The molecule has 27 heavy (non-hydrogen) atoms. The molecule has 0 spiro atoms. The second kappa shape index (κ2) is 13.3. The summed E-state index contributed by atoms with van der Waals surface area (Å²) in [6.07, 6.45) is 6.49. The second-order valence-corrected chi connectivity index (χ2v) is 7.63. The molecule has 1 aromatic heterocycles. The Morgan fingerprint density at radius 2 is 1.85 bits per heavy atom. The molecule has 2 N–H and O–H groups in total. The Labute approximate surface area is 181 Å². The van der Waals surface area contributed by atoms with E-state index in [1.807, 2.05) is 7.05 Å². The lowest BCUT2D eigenvalue weighted by Crippen LogP contribution is -2.40. The number of guanidine groups is 1. The molecule has 1 fully saturated rings. The fourth-order valence-corrected chi connectivity index (χ4v) is 3.90. The van der Waals surface area contributed by atoms with Crippen LogP contribution in [0.15, 0.2) is 11.3 Å². The van der Waals surface area contributed by atoms with Gasteiger partial charge in [0.25, 0.3) is 0 Å². The van der Waals surface area contributed by atoms with Crippen LogP contribution < -0.4 is 10.6 Å². The summed E-state index contributed by atoms with van der Waals surface area (Å²) in [5.74, 6) is 3.59. The molecular formula is C19H38IN7. The molecule has 0 radical (unpaired) electrons. The monoisotopic (exact) mass is 491 g/mol. The highest BCUT2D eigenvalue weighted by Gasteiger charge is 2.20. The number of unbranched alkanes of at least 4 members (excludes halogenated alkanes) is 1. The third-order valence-corrected chi connectivity index (χ3v) is 5.02. The summed E-state index contributed by atoms with van der Waals surface area (Å²) >= 11 is 0. The molecule has 7 nitrogen and oxygen atoms in total. The van der Waals surface area contributed by atoms with Crippen LogP contribution >= 0.6 is 24.0 Å². The quantitative estimate of drug-likeness (QED) is 0.240. The second-order valence-electron chi connectivity index (χ2n) is 7.63. The number of hydrogen-bond donors (Lipinski definition) is 2. The van der Waals surface area contributed by atoms with Gasteiger partial charge in [0.1, 0.15) is 12.2 Å². The van der Waals surface area contributed by atoms with Gasteiger partial charge in [-0.1, -0.05) is 20.8 Å². The Morgan fingerprint density at radius 1 is 1.15 bits per heavy atom. The number of hydrogen-bond acceptors (Lipinski definition) is 4. The number of aromatic nitrogens is 3. The molecule has 1 aliphatic heterocycles. The van der Waals surface area contributed by atoms with Crippen LogP contribution in [0.1, 0.15) is 45.9 Å². The van der Waals surface area contributed by atoms with Crippen LogP contribution in [0.5, 0.6) is 0 Å². The average Bonchev–Trinajstić information content (AvgIpc) is 3.06. The number of piperidine rings is 1. The number of nitrogens with one attached hydrogen (secondary N) is 2. The molecule has 2 atom stereocenters. The molecule has 0 aromatic carbocycles. The zero-order chi connectivity index (χ0) is 18.8. The van der Waals surface area contributed by atoms with Crippen molar-refractivity contribution < 1.29 is 0 Å². The number of likely N-dealkylation sites (tertiary alicyclic amines) is 1. The van der Waals surface area contributed by atoms with Crippen molar-refractivity contribution in [1.29, 1.82) is 0 Å². The molecule has 0 saturated carbocycles. The van der Waals surface area contributed by atoms with Crippen molar-refractivity contribution in [2.45, 2.75) is 53.0 Å². The summed E-state index contributed by atoms with van der Waals surface area (Å²) in [5, 5.41) is 14.8. The van der Waals surface area contributed by atoms with Gasteiger partial charge in [0, 0.05) is 46.2 Å². The van der Waals surface area contributed by atoms with Crippen molar-refractivity contribution in [3.8, 4) is 0 Å². The van der Waals surface area contributed by atoms with Gasteiger partial charge >= 0.3 is 0 Å². The van der Waals surface area contributed by atoms with E-state index in [0.29, 0.717) is 0 Å². The first-order valence-electron chi connectivity index (χ1n) is 10.2. The zero-order valence-electron chi connectivity index (χ0n) is 17.4. The lowest BCUT2D eigenvalue weighted by molar-refractivity contribution is 0.139. The molecule has 1 aromatic rings. The number of nitrogens with zero attached hydrogens (tertiary/aromatic N) is 5. The van der Waals surface area contributed by atoms with Crippen LogP contribution in [-0.4, -0.2) is 65.4 Å². The third-order valence-electron chi connectivity index (χ3n) is 5.02. The topological polar surface area (TPSA) is 70.4 Å². The van der Waals surface area contributed by atoms with E-state index in [1.54, 1.807) is 6.33 Å². The Balaban J connectivity index is 0.00000364. The van der Waals surface area contributed by atoms with Crippen LogP contribution in [0.2, 0.25) is 0 Å². The van der Waals surface area contributed by atoms with E-state index in [0.717, 1.165) is 49.7 Å². The fourth-order valence-electron chi connectivity index (χ4n) is 3.90. The first kappa shape index (κ1) is 24.1. The Bertz CT molecular complexity index is 536. The normalized spacial score (nSPS) is 21.0. The van der Waals surface area contributed by atoms with Gasteiger partial charge in [-0.15, -0.1) is 34.2 Å². The first-order valence-corrected chi connectivity index (χ1v) is 10.2. The van der Waals surface area contributed by atoms with E-state index < -0.39 is 0 Å². The molecule has 0 amide bonds. The highest BCUT2D eigenvalue weighted by atomic mass is 127. The summed E-state index contributed by atoms with van der Waals surface area (Å²) in [6, 6.07) is 0. The molecule has 2 unspecified atom stereocenters. The minimum absolute atomic E-state index is 0. The van der Waals surface area contributed by atoms with Crippen molar-refractivity contribution in [2.75, 3.05) is 39.8 Å². The number of rotatable bonds is 9. The first-order chi connectivity index (χ1) is 12.6. The van der Waals surface area contributed by atoms with Gasteiger partial charge in [-0.3, -0.25) is 4.99 Å². The maximum absolute atomic E-state index is 4.30. The van der Waals surface area contributed by atoms with Gasteiger partial charge < -0.3 is 20.1 Å². The Kier molecular flexibility index (Phi) is 11.9. The predicted molar refractivity (Wildman–Crippen MR) is 123 cm³/mol. The van der Waals surface area contributed by atoms with Gasteiger partial charge in [-0.25, -0.2) is 0 Å². The minimum atomic E-state index is 0. The largest absolute Gasteiger partial charge is 0.356 e. The van der Waals surface area contributed by atoms with E-state index in [4.69, 9.17) is 0 Å². The van der Waals surface area contributed by atoms with Crippen molar-refractivity contribution in [1.82, 2.24) is 30.3 Å². The molecule has 156 valence electrons. The summed E-state index contributed by atoms with van der Waals surface area (Å²) in [6.45, 7) is 13.2. The smallest absolute Gasteiger partial charge is 0.191 e. The minimum Gasteiger partial charge on any atom is -0.356 e. The fraction of sp³-hybridized carbons (Fsp3) is 0.842. The van der Waals surface area contributed by atoms with Crippen LogP contribution in [-0.2, 0) is 13.0 Å². The predicted octanol–water partition coefficient (Wildman–Crippen LogP) is 2.38. The Hall–Kier alpha value is -0.900. The van der Waals surface area contributed by atoms with Crippen molar-refractivity contribution >= 4 is 29.9 Å².